The van der Waals surface area contributed by atoms with E-state index in [0.29, 0.717) is 5.92 Å². The third-order valence-corrected chi connectivity index (χ3v) is 2.47. The lowest BCUT2D eigenvalue weighted by Gasteiger charge is -2.20. The van der Waals surface area contributed by atoms with E-state index in [1.54, 1.807) is 0 Å². The summed E-state index contributed by atoms with van der Waals surface area (Å²) in [6, 6.07) is 0. The van der Waals surface area contributed by atoms with Crippen LogP contribution in [0.1, 0.15) is 19.3 Å². The van der Waals surface area contributed by atoms with Crippen molar-refractivity contribution in [3.63, 3.8) is 0 Å². The molecule has 0 spiro atoms. The lowest BCUT2D eigenvalue weighted by Crippen LogP contribution is -2.30. The fourth-order valence-corrected chi connectivity index (χ4v) is 1.41. The predicted octanol–water partition coefficient (Wildman–Crippen LogP) is 1.26. The lowest BCUT2D eigenvalue weighted by atomic mass is 10.3. The molecule has 1 rings (SSSR count). The van der Waals surface area contributed by atoms with Crippen LogP contribution in [0.25, 0.3) is 0 Å². The highest BCUT2D eigenvalue weighted by atomic mass is 15.1. The monoisotopic (exact) mass is 183 g/mol. The minimum Gasteiger partial charge on any atom is -0.363 e. The Morgan fingerprint density at radius 1 is 1.23 bits per heavy atom. The zero-order valence-corrected chi connectivity index (χ0v) is 9.01. The topological polar surface area (TPSA) is 30.3 Å². The summed E-state index contributed by atoms with van der Waals surface area (Å²) in [5.74, 6) is 1.43. The third-order valence-electron chi connectivity index (χ3n) is 2.47. The summed E-state index contributed by atoms with van der Waals surface area (Å²) in [5, 5.41) is 7.81. The molecule has 3 heteroatoms. The van der Waals surface area contributed by atoms with Crippen molar-refractivity contribution in [1.29, 1.82) is 5.41 Å². The minimum atomic E-state index is 0.587. The van der Waals surface area contributed by atoms with Gasteiger partial charge in [-0.2, -0.15) is 0 Å². The summed E-state index contributed by atoms with van der Waals surface area (Å²) in [7, 11) is 6.22. The Morgan fingerprint density at radius 3 is 2.31 bits per heavy atom. The Morgan fingerprint density at radius 2 is 1.85 bits per heavy atom. The van der Waals surface area contributed by atoms with Crippen molar-refractivity contribution in [3.8, 4) is 0 Å². The Kier molecular flexibility index (Phi) is 3.72. The maximum Gasteiger partial charge on any atom is 0.0986 e. The number of amidine groups is 1. The standard InChI is InChI=1S/C10H21N3/c1-12(2)7-4-8-13(3)10(11)9-5-6-9/h9,11H,4-8H2,1-3H3. The molecule has 1 saturated carbocycles. The van der Waals surface area contributed by atoms with Gasteiger partial charge in [-0.25, -0.2) is 0 Å². The molecule has 0 saturated heterocycles. The lowest BCUT2D eigenvalue weighted by molar-refractivity contribution is 0.366. The second kappa shape index (κ2) is 4.61. The Hall–Kier alpha value is -0.570. The SMILES string of the molecule is CN(C)CCCN(C)C(=N)C1CC1. The van der Waals surface area contributed by atoms with Crippen molar-refractivity contribution in [2.24, 2.45) is 5.92 Å². The molecule has 0 amide bonds. The van der Waals surface area contributed by atoms with Crippen molar-refractivity contribution in [2.45, 2.75) is 19.3 Å². The zero-order valence-electron chi connectivity index (χ0n) is 9.01. The van der Waals surface area contributed by atoms with Gasteiger partial charge in [0.25, 0.3) is 0 Å². The van der Waals surface area contributed by atoms with Crippen LogP contribution in [0.4, 0.5) is 0 Å². The minimum absolute atomic E-state index is 0.587. The molecule has 0 aromatic carbocycles. The van der Waals surface area contributed by atoms with Crippen molar-refractivity contribution in [3.05, 3.63) is 0 Å². The van der Waals surface area contributed by atoms with E-state index in [1.165, 1.54) is 12.8 Å². The van der Waals surface area contributed by atoms with Crippen LogP contribution in [0.15, 0.2) is 0 Å². The van der Waals surface area contributed by atoms with Gasteiger partial charge in [0.2, 0.25) is 0 Å². The molecule has 0 radical (unpaired) electrons. The van der Waals surface area contributed by atoms with Gasteiger partial charge in [0.05, 0.1) is 5.84 Å². The molecule has 0 atom stereocenters. The zero-order chi connectivity index (χ0) is 9.84. The van der Waals surface area contributed by atoms with Crippen LogP contribution >= 0.6 is 0 Å². The molecule has 0 aliphatic heterocycles. The molecule has 1 N–H and O–H groups in total. The number of nitrogens with zero attached hydrogens (tertiary/aromatic N) is 2. The van der Waals surface area contributed by atoms with Gasteiger partial charge in [-0.05, 0) is 39.9 Å². The van der Waals surface area contributed by atoms with Gasteiger partial charge in [-0.3, -0.25) is 5.41 Å². The van der Waals surface area contributed by atoms with E-state index in [9.17, 15) is 0 Å². The van der Waals surface area contributed by atoms with Gasteiger partial charge in [0, 0.05) is 19.5 Å². The average molecular weight is 183 g/mol. The van der Waals surface area contributed by atoms with Crippen molar-refractivity contribution in [2.75, 3.05) is 34.2 Å². The van der Waals surface area contributed by atoms with E-state index in [0.717, 1.165) is 25.3 Å². The van der Waals surface area contributed by atoms with Gasteiger partial charge in [-0.15, -0.1) is 0 Å². The quantitative estimate of drug-likeness (QED) is 0.514. The van der Waals surface area contributed by atoms with Crippen molar-refractivity contribution in [1.82, 2.24) is 9.80 Å². The van der Waals surface area contributed by atoms with E-state index >= 15 is 0 Å². The molecule has 1 fully saturated rings. The Bertz CT molecular complexity index is 173. The highest BCUT2D eigenvalue weighted by Crippen LogP contribution is 2.30. The van der Waals surface area contributed by atoms with E-state index in [2.05, 4.69) is 23.9 Å². The molecule has 0 bridgehead atoms. The van der Waals surface area contributed by atoms with Crippen LogP contribution in [0.3, 0.4) is 0 Å². The van der Waals surface area contributed by atoms with E-state index in [4.69, 9.17) is 5.41 Å². The summed E-state index contributed by atoms with van der Waals surface area (Å²) < 4.78 is 0. The van der Waals surface area contributed by atoms with Gasteiger partial charge < -0.3 is 9.80 Å². The molecule has 1 aliphatic carbocycles. The number of hydrogen-bond acceptors (Lipinski definition) is 2. The molecule has 13 heavy (non-hydrogen) atoms. The molecule has 1 aliphatic rings. The molecule has 0 unspecified atom stereocenters. The van der Waals surface area contributed by atoms with Crippen molar-refractivity contribution < 1.29 is 0 Å². The second-order valence-electron chi connectivity index (χ2n) is 4.24. The fraction of sp³-hybridized carbons (Fsp3) is 0.900. The normalized spacial score (nSPS) is 16.3. The van der Waals surface area contributed by atoms with E-state index < -0.39 is 0 Å². The Balaban J connectivity index is 2.09. The van der Waals surface area contributed by atoms with Crippen LogP contribution in [0.2, 0.25) is 0 Å². The summed E-state index contributed by atoms with van der Waals surface area (Å²) in [6.07, 6.45) is 3.62. The van der Waals surface area contributed by atoms with Crippen LogP contribution in [0, 0.1) is 11.3 Å². The maximum atomic E-state index is 7.81. The van der Waals surface area contributed by atoms with Gasteiger partial charge >= 0.3 is 0 Å². The molecule has 0 aromatic rings. The molecule has 3 nitrogen and oxygen atoms in total. The first-order valence-electron chi connectivity index (χ1n) is 5.05. The van der Waals surface area contributed by atoms with Crippen LogP contribution in [0.5, 0.6) is 0 Å². The number of hydrogen-bond donors (Lipinski definition) is 1. The van der Waals surface area contributed by atoms with Crippen LogP contribution in [-0.4, -0.2) is 49.9 Å². The van der Waals surface area contributed by atoms with Crippen molar-refractivity contribution >= 4 is 5.84 Å². The first-order chi connectivity index (χ1) is 6.11. The Labute approximate surface area is 81.2 Å². The first kappa shape index (κ1) is 10.5. The second-order valence-corrected chi connectivity index (χ2v) is 4.24. The van der Waals surface area contributed by atoms with E-state index in [-0.39, 0.29) is 0 Å². The highest BCUT2D eigenvalue weighted by Gasteiger charge is 2.28. The molecule has 76 valence electrons. The highest BCUT2D eigenvalue weighted by molar-refractivity contribution is 5.83. The molecule has 0 heterocycles. The summed E-state index contributed by atoms with van der Waals surface area (Å²) in [6.45, 7) is 2.13. The molecule has 0 aromatic heterocycles. The fourth-order valence-electron chi connectivity index (χ4n) is 1.41. The predicted molar refractivity (Wildman–Crippen MR) is 56.3 cm³/mol. The first-order valence-corrected chi connectivity index (χ1v) is 5.05. The summed E-state index contributed by atoms with van der Waals surface area (Å²) in [5.41, 5.74) is 0. The molecular weight excluding hydrogens is 162 g/mol. The van der Waals surface area contributed by atoms with Gasteiger partial charge in [0.15, 0.2) is 0 Å². The maximum absolute atomic E-state index is 7.81. The average Bonchev–Trinajstić information content (AvgIpc) is 2.84. The van der Waals surface area contributed by atoms with E-state index in [1.807, 2.05) is 7.05 Å². The number of rotatable bonds is 5. The summed E-state index contributed by atoms with van der Waals surface area (Å²) >= 11 is 0. The van der Waals surface area contributed by atoms with Gasteiger partial charge in [-0.1, -0.05) is 0 Å². The molecular formula is C10H21N3. The third kappa shape index (κ3) is 3.77. The largest absolute Gasteiger partial charge is 0.363 e. The van der Waals surface area contributed by atoms with Crippen LogP contribution < -0.4 is 0 Å². The number of nitrogens with one attached hydrogen (secondary N) is 1. The van der Waals surface area contributed by atoms with Gasteiger partial charge in [0.1, 0.15) is 0 Å². The van der Waals surface area contributed by atoms with Crippen LogP contribution in [-0.2, 0) is 0 Å². The smallest absolute Gasteiger partial charge is 0.0986 e. The summed E-state index contributed by atoms with van der Waals surface area (Å²) in [4.78, 5) is 4.29.